The number of hydrogen-bond acceptors (Lipinski definition) is 3. The Balaban J connectivity index is 1.91. The van der Waals surface area contributed by atoms with E-state index in [0.29, 0.717) is 5.69 Å². The molecule has 2 heterocycles. The van der Waals surface area contributed by atoms with Crippen LogP contribution in [0.15, 0.2) is 18.2 Å². The molecule has 3 rings (SSSR count). The summed E-state index contributed by atoms with van der Waals surface area (Å²) in [6, 6.07) is 5.61. The van der Waals surface area contributed by atoms with Crippen molar-refractivity contribution in [3.05, 3.63) is 23.9 Å². The normalized spacial score (nSPS) is 16.1. The lowest BCUT2D eigenvalue weighted by Gasteiger charge is -2.19. The number of H-pyrrole nitrogens is 1. The van der Waals surface area contributed by atoms with Crippen LogP contribution in [0.3, 0.4) is 0 Å². The molecule has 0 spiro atoms. The Kier molecular flexibility index (Phi) is 3.58. The van der Waals surface area contributed by atoms with Crippen molar-refractivity contribution in [2.75, 3.05) is 20.2 Å². The van der Waals surface area contributed by atoms with Crippen LogP contribution in [0.5, 0.6) is 5.75 Å². The summed E-state index contributed by atoms with van der Waals surface area (Å²) < 4.78 is 5.18. The van der Waals surface area contributed by atoms with Gasteiger partial charge in [-0.1, -0.05) is 12.8 Å². The predicted octanol–water partition coefficient (Wildman–Crippen LogP) is 2.59. The highest BCUT2D eigenvalue weighted by atomic mass is 16.5. The Morgan fingerprint density at radius 3 is 2.70 bits per heavy atom. The lowest BCUT2D eigenvalue weighted by atomic mass is 10.2. The van der Waals surface area contributed by atoms with Gasteiger partial charge in [0.2, 0.25) is 0 Å². The zero-order chi connectivity index (χ0) is 13.9. The van der Waals surface area contributed by atoms with E-state index in [-0.39, 0.29) is 5.91 Å². The Bertz CT molecular complexity index is 613. The molecule has 1 saturated heterocycles. The molecule has 0 atom stereocenters. The summed E-state index contributed by atoms with van der Waals surface area (Å²) in [6.07, 6.45) is 4.59. The summed E-state index contributed by atoms with van der Waals surface area (Å²) >= 11 is 0. The second kappa shape index (κ2) is 5.53. The largest absolute Gasteiger partial charge is 0.497 e. The second-order valence-corrected chi connectivity index (χ2v) is 5.19. The average Bonchev–Trinajstić information content (AvgIpc) is 2.71. The van der Waals surface area contributed by atoms with Crippen LogP contribution >= 0.6 is 0 Å². The number of methoxy groups -OCH3 is 1. The van der Waals surface area contributed by atoms with E-state index < -0.39 is 0 Å². The fourth-order valence-corrected chi connectivity index (χ4v) is 2.71. The molecule has 2 aromatic rings. The van der Waals surface area contributed by atoms with E-state index in [1.165, 1.54) is 12.8 Å². The molecule has 0 aliphatic carbocycles. The number of carbonyl (C=O) groups excluding carboxylic acids is 1. The standard InChI is InChI=1S/C15H19N3O2/c1-20-11-6-7-12-13(10-11)16-17-14(12)15(19)18-8-4-2-3-5-9-18/h6-7,10H,2-5,8-9H2,1H3,(H,16,17). The maximum atomic E-state index is 12.6. The first-order valence-electron chi connectivity index (χ1n) is 7.11. The number of likely N-dealkylation sites (tertiary alicyclic amines) is 1. The summed E-state index contributed by atoms with van der Waals surface area (Å²) in [7, 11) is 1.63. The van der Waals surface area contributed by atoms with E-state index >= 15 is 0 Å². The van der Waals surface area contributed by atoms with Crippen LogP contribution in [0.4, 0.5) is 0 Å². The van der Waals surface area contributed by atoms with Crippen molar-refractivity contribution in [2.45, 2.75) is 25.7 Å². The topological polar surface area (TPSA) is 58.2 Å². The third kappa shape index (κ3) is 2.35. The third-order valence-corrected chi connectivity index (χ3v) is 3.87. The predicted molar refractivity (Wildman–Crippen MR) is 77.0 cm³/mol. The van der Waals surface area contributed by atoms with E-state index in [1.807, 2.05) is 23.1 Å². The van der Waals surface area contributed by atoms with Gasteiger partial charge in [-0.25, -0.2) is 0 Å². The molecular weight excluding hydrogens is 254 g/mol. The number of amides is 1. The van der Waals surface area contributed by atoms with Crippen molar-refractivity contribution in [1.29, 1.82) is 0 Å². The van der Waals surface area contributed by atoms with Gasteiger partial charge in [0.25, 0.3) is 5.91 Å². The molecule has 5 nitrogen and oxygen atoms in total. The number of fused-ring (bicyclic) bond motifs is 1. The Hall–Kier alpha value is -2.04. The van der Waals surface area contributed by atoms with E-state index in [4.69, 9.17) is 4.74 Å². The van der Waals surface area contributed by atoms with Gasteiger partial charge in [0, 0.05) is 24.5 Å². The Morgan fingerprint density at radius 1 is 1.25 bits per heavy atom. The molecule has 5 heteroatoms. The van der Waals surface area contributed by atoms with Gasteiger partial charge in [-0.05, 0) is 25.0 Å². The minimum absolute atomic E-state index is 0.0308. The quantitative estimate of drug-likeness (QED) is 0.915. The number of aromatic amines is 1. The Labute approximate surface area is 117 Å². The molecular formula is C15H19N3O2. The number of aromatic nitrogens is 2. The van der Waals surface area contributed by atoms with Gasteiger partial charge in [0.05, 0.1) is 12.6 Å². The Morgan fingerprint density at radius 2 is 2.00 bits per heavy atom. The number of carbonyl (C=O) groups is 1. The molecule has 1 N–H and O–H groups in total. The first-order valence-corrected chi connectivity index (χ1v) is 7.11. The highest BCUT2D eigenvalue weighted by molar-refractivity contribution is 6.04. The lowest BCUT2D eigenvalue weighted by molar-refractivity contribution is 0.0757. The molecule has 1 fully saturated rings. The van der Waals surface area contributed by atoms with Crippen molar-refractivity contribution in [3.8, 4) is 5.75 Å². The number of nitrogens with zero attached hydrogens (tertiary/aromatic N) is 2. The van der Waals surface area contributed by atoms with Crippen molar-refractivity contribution in [3.63, 3.8) is 0 Å². The van der Waals surface area contributed by atoms with Crippen LogP contribution in [0.1, 0.15) is 36.2 Å². The van der Waals surface area contributed by atoms with Gasteiger partial charge in [0.1, 0.15) is 5.75 Å². The van der Waals surface area contributed by atoms with E-state index in [2.05, 4.69) is 10.2 Å². The summed E-state index contributed by atoms with van der Waals surface area (Å²) in [5, 5.41) is 7.99. The first-order chi connectivity index (χ1) is 9.79. The van der Waals surface area contributed by atoms with Crippen molar-refractivity contribution in [1.82, 2.24) is 15.1 Å². The van der Waals surface area contributed by atoms with Crippen LogP contribution in [-0.2, 0) is 0 Å². The molecule has 106 valence electrons. The highest BCUT2D eigenvalue weighted by Gasteiger charge is 2.21. The smallest absolute Gasteiger partial charge is 0.274 e. The van der Waals surface area contributed by atoms with E-state index in [1.54, 1.807) is 7.11 Å². The van der Waals surface area contributed by atoms with Crippen LogP contribution < -0.4 is 4.74 Å². The van der Waals surface area contributed by atoms with Gasteiger partial charge < -0.3 is 9.64 Å². The fourth-order valence-electron chi connectivity index (χ4n) is 2.71. The summed E-state index contributed by atoms with van der Waals surface area (Å²) in [6.45, 7) is 1.67. The van der Waals surface area contributed by atoms with Gasteiger partial charge in [-0.15, -0.1) is 0 Å². The van der Waals surface area contributed by atoms with E-state index in [0.717, 1.165) is 42.6 Å². The van der Waals surface area contributed by atoms with Gasteiger partial charge in [-0.2, -0.15) is 5.10 Å². The van der Waals surface area contributed by atoms with Crippen molar-refractivity contribution >= 4 is 16.8 Å². The van der Waals surface area contributed by atoms with Gasteiger partial charge >= 0.3 is 0 Å². The van der Waals surface area contributed by atoms with Gasteiger partial charge in [-0.3, -0.25) is 9.89 Å². The molecule has 0 saturated carbocycles. The number of hydrogen-bond donors (Lipinski definition) is 1. The zero-order valence-electron chi connectivity index (χ0n) is 11.7. The van der Waals surface area contributed by atoms with Crippen LogP contribution in [0.25, 0.3) is 10.9 Å². The van der Waals surface area contributed by atoms with Crippen LogP contribution in [0.2, 0.25) is 0 Å². The first kappa shape index (κ1) is 13.0. The maximum absolute atomic E-state index is 12.6. The number of rotatable bonds is 2. The van der Waals surface area contributed by atoms with Crippen LogP contribution in [-0.4, -0.2) is 41.2 Å². The third-order valence-electron chi connectivity index (χ3n) is 3.87. The molecule has 1 aliphatic heterocycles. The lowest BCUT2D eigenvalue weighted by Crippen LogP contribution is -2.32. The minimum Gasteiger partial charge on any atom is -0.497 e. The average molecular weight is 273 g/mol. The summed E-state index contributed by atoms with van der Waals surface area (Å²) in [5.74, 6) is 0.790. The molecule has 1 aromatic carbocycles. The molecule has 0 unspecified atom stereocenters. The molecule has 1 amide bonds. The fraction of sp³-hybridized carbons (Fsp3) is 0.467. The monoisotopic (exact) mass is 273 g/mol. The summed E-state index contributed by atoms with van der Waals surface area (Å²) in [4.78, 5) is 14.5. The molecule has 0 bridgehead atoms. The van der Waals surface area contributed by atoms with E-state index in [9.17, 15) is 4.79 Å². The molecule has 1 aliphatic rings. The molecule has 0 radical (unpaired) electrons. The number of benzene rings is 1. The molecule has 20 heavy (non-hydrogen) atoms. The minimum atomic E-state index is 0.0308. The van der Waals surface area contributed by atoms with Crippen LogP contribution in [0, 0.1) is 0 Å². The number of ether oxygens (including phenoxy) is 1. The SMILES string of the molecule is COc1ccc2c(C(=O)N3CCCCCC3)n[nH]c2c1. The van der Waals surface area contributed by atoms with Crippen molar-refractivity contribution in [2.24, 2.45) is 0 Å². The highest BCUT2D eigenvalue weighted by Crippen LogP contribution is 2.23. The zero-order valence-corrected chi connectivity index (χ0v) is 11.7. The number of nitrogens with one attached hydrogen (secondary N) is 1. The van der Waals surface area contributed by atoms with Gasteiger partial charge in [0.15, 0.2) is 5.69 Å². The molecule has 1 aromatic heterocycles. The second-order valence-electron chi connectivity index (χ2n) is 5.19. The summed E-state index contributed by atoms with van der Waals surface area (Å²) in [5.41, 5.74) is 1.35. The van der Waals surface area contributed by atoms with Crippen molar-refractivity contribution < 1.29 is 9.53 Å². The maximum Gasteiger partial charge on any atom is 0.274 e.